The first-order valence-electron chi connectivity index (χ1n) is 8.13. The molecule has 2 aromatic rings. The van der Waals surface area contributed by atoms with Crippen molar-refractivity contribution < 1.29 is 18.7 Å². The van der Waals surface area contributed by atoms with Crippen LogP contribution in [0.2, 0.25) is 5.02 Å². The summed E-state index contributed by atoms with van der Waals surface area (Å²) in [6.07, 6.45) is 0.198. The number of hydrogen-bond acceptors (Lipinski definition) is 3. The maximum absolute atomic E-state index is 13.3. The van der Waals surface area contributed by atoms with Gasteiger partial charge in [0, 0.05) is 24.5 Å². The van der Waals surface area contributed by atoms with Gasteiger partial charge in [0.05, 0.1) is 18.7 Å². The van der Waals surface area contributed by atoms with Crippen LogP contribution in [0.15, 0.2) is 42.5 Å². The first-order chi connectivity index (χ1) is 12.5. The van der Waals surface area contributed by atoms with Crippen molar-refractivity contribution in [2.75, 3.05) is 13.7 Å². The van der Waals surface area contributed by atoms with Crippen LogP contribution >= 0.6 is 11.6 Å². The average molecular weight is 377 g/mol. The van der Waals surface area contributed by atoms with Gasteiger partial charge in [-0.25, -0.2) is 4.39 Å². The Hall–Kier alpha value is -2.60. The highest BCUT2D eigenvalue weighted by molar-refractivity contribution is 6.31. The second-order valence-corrected chi connectivity index (χ2v) is 6.56. The number of carbonyl (C=O) groups excluding carboxylic acids is 2. The van der Waals surface area contributed by atoms with E-state index < -0.39 is 0 Å². The standard InChI is InChI=1S/C19H18ClFN2O3/c1-26-17-6-5-13(20)8-16(17)19(25)22-15-9-18(24)23(11-15)10-12-3-2-4-14(21)7-12/h2-8,15H,9-11H2,1H3,(H,22,25)/t15-/m0/s1. The van der Waals surface area contributed by atoms with Crippen LogP contribution in [-0.2, 0) is 11.3 Å². The van der Waals surface area contributed by atoms with Crippen LogP contribution in [0.4, 0.5) is 4.39 Å². The van der Waals surface area contributed by atoms with Crippen molar-refractivity contribution in [2.45, 2.75) is 19.0 Å². The Morgan fingerprint density at radius 1 is 1.35 bits per heavy atom. The molecule has 1 heterocycles. The van der Waals surface area contributed by atoms with Gasteiger partial charge in [-0.1, -0.05) is 23.7 Å². The van der Waals surface area contributed by atoms with Crippen molar-refractivity contribution >= 4 is 23.4 Å². The Morgan fingerprint density at radius 3 is 2.88 bits per heavy atom. The zero-order valence-corrected chi connectivity index (χ0v) is 14.9. The summed E-state index contributed by atoms with van der Waals surface area (Å²) >= 11 is 5.96. The quantitative estimate of drug-likeness (QED) is 0.872. The maximum atomic E-state index is 13.3. The van der Waals surface area contributed by atoms with Crippen molar-refractivity contribution in [1.82, 2.24) is 10.2 Å². The van der Waals surface area contributed by atoms with E-state index in [4.69, 9.17) is 16.3 Å². The van der Waals surface area contributed by atoms with Gasteiger partial charge >= 0.3 is 0 Å². The van der Waals surface area contributed by atoms with Crippen LogP contribution in [0.3, 0.4) is 0 Å². The first-order valence-corrected chi connectivity index (χ1v) is 8.50. The molecule has 136 valence electrons. The number of carbonyl (C=O) groups is 2. The van der Waals surface area contributed by atoms with E-state index in [1.807, 2.05) is 0 Å². The molecule has 2 amide bonds. The molecule has 3 rings (SSSR count). The molecule has 1 aliphatic rings. The molecule has 1 fully saturated rings. The van der Waals surface area contributed by atoms with Gasteiger partial charge in [0.15, 0.2) is 0 Å². The van der Waals surface area contributed by atoms with Crippen LogP contribution < -0.4 is 10.1 Å². The molecule has 1 N–H and O–H groups in total. The zero-order valence-electron chi connectivity index (χ0n) is 14.2. The Bertz CT molecular complexity index is 843. The predicted molar refractivity (Wildman–Crippen MR) is 95.7 cm³/mol. The lowest BCUT2D eigenvalue weighted by molar-refractivity contribution is -0.128. The fourth-order valence-corrected chi connectivity index (χ4v) is 3.17. The fourth-order valence-electron chi connectivity index (χ4n) is 3.00. The van der Waals surface area contributed by atoms with Crippen molar-refractivity contribution in [1.29, 1.82) is 0 Å². The summed E-state index contributed by atoms with van der Waals surface area (Å²) in [6, 6.07) is 10.6. The number of hydrogen-bond donors (Lipinski definition) is 1. The number of halogens is 2. The number of likely N-dealkylation sites (tertiary alicyclic amines) is 1. The van der Waals surface area contributed by atoms with Crippen LogP contribution in [-0.4, -0.2) is 36.4 Å². The molecule has 7 heteroatoms. The fraction of sp³-hybridized carbons (Fsp3) is 0.263. The van der Waals surface area contributed by atoms with Crippen molar-refractivity contribution in [3.63, 3.8) is 0 Å². The second-order valence-electron chi connectivity index (χ2n) is 6.12. The minimum absolute atomic E-state index is 0.0855. The highest BCUT2D eigenvalue weighted by Crippen LogP contribution is 2.23. The van der Waals surface area contributed by atoms with Crippen LogP contribution in [0.5, 0.6) is 5.75 Å². The van der Waals surface area contributed by atoms with E-state index >= 15 is 0 Å². The molecule has 26 heavy (non-hydrogen) atoms. The zero-order chi connectivity index (χ0) is 18.7. The summed E-state index contributed by atoms with van der Waals surface area (Å²) in [6.45, 7) is 0.674. The van der Waals surface area contributed by atoms with Crippen molar-refractivity contribution in [2.24, 2.45) is 0 Å². The molecule has 1 aliphatic heterocycles. The normalized spacial score (nSPS) is 16.7. The van der Waals surface area contributed by atoms with E-state index in [9.17, 15) is 14.0 Å². The van der Waals surface area contributed by atoms with E-state index in [-0.39, 0.29) is 30.1 Å². The number of rotatable bonds is 5. The predicted octanol–water partition coefficient (Wildman–Crippen LogP) is 3.02. The smallest absolute Gasteiger partial charge is 0.255 e. The number of nitrogens with zero attached hydrogens (tertiary/aromatic N) is 1. The third kappa shape index (κ3) is 4.14. The minimum Gasteiger partial charge on any atom is -0.496 e. The average Bonchev–Trinajstić information content (AvgIpc) is 2.94. The topological polar surface area (TPSA) is 58.6 Å². The molecule has 1 saturated heterocycles. The number of methoxy groups -OCH3 is 1. The molecule has 0 radical (unpaired) electrons. The maximum Gasteiger partial charge on any atom is 0.255 e. The monoisotopic (exact) mass is 376 g/mol. The summed E-state index contributed by atoms with van der Waals surface area (Å²) in [5.41, 5.74) is 1.03. The molecule has 0 unspecified atom stereocenters. The van der Waals surface area contributed by atoms with Gasteiger partial charge in [0.2, 0.25) is 5.91 Å². The third-order valence-electron chi connectivity index (χ3n) is 4.22. The summed E-state index contributed by atoms with van der Waals surface area (Å²) < 4.78 is 18.5. The first kappa shape index (κ1) is 18.2. The van der Waals surface area contributed by atoms with E-state index in [1.165, 1.54) is 25.3 Å². The van der Waals surface area contributed by atoms with Crippen molar-refractivity contribution in [3.05, 3.63) is 64.4 Å². The van der Waals surface area contributed by atoms with Crippen molar-refractivity contribution in [3.8, 4) is 5.75 Å². The van der Waals surface area contributed by atoms with Crippen LogP contribution in [0, 0.1) is 5.82 Å². The lowest BCUT2D eigenvalue weighted by atomic mass is 10.1. The number of nitrogens with one attached hydrogen (secondary N) is 1. The Balaban J connectivity index is 1.66. The molecule has 0 spiro atoms. The third-order valence-corrected chi connectivity index (χ3v) is 4.45. The molecule has 1 atom stereocenters. The minimum atomic E-state index is -0.352. The molecule has 0 aromatic heterocycles. The summed E-state index contributed by atoms with van der Waals surface area (Å²) in [4.78, 5) is 26.3. The van der Waals surface area contributed by atoms with Gasteiger partial charge in [0.25, 0.3) is 5.91 Å². The van der Waals surface area contributed by atoms with E-state index in [0.29, 0.717) is 35.0 Å². The lowest BCUT2D eigenvalue weighted by Crippen LogP contribution is -2.37. The van der Waals surface area contributed by atoms with Gasteiger partial charge in [-0.15, -0.1) is 0 Å². The van der Waals surface area contributed by atoms with E-state index in [2.05, 4.69) is 5.32 Å². The second kappa shape index (κ2) is 7.74. The molecule has 0 bridgehead atoms. The molecular formula is C19H18ClFN2O3. The Morgan fingerprint density at radius 2 is 2.15 bits per heavy atom. The highest BCUT2D eigenvalue weighted by Gasteiger charge is 2.31. The molecule has 0 aliphatic carbocycles. The van der Waals surface area contributed by atoms with E-state index in [1.54, 1.807) is 29.2 Å². The largest absolute Gasteiger partial charge is 0.496 e. The van der Waals surface area contributed by atoms with E-state index in [0.717, 1.165) is 0 Å². The Labute approximate surface area is 155 Å². The highest BCUT2D eigenvalue weighted by atomic mass is 35.5. The summed E-state index contributed by atoms with van der Waals surface area (Å²) in [5.74, 6) is -0.368. The number of benzene rings is 2. The lowest BCUT2D eigenvalue weighted by Gasteiger charge is -2.18. The van der Waals surface area contributed by atoms with Gasteiger partial charge in [-0.2, -0.15) is 0 Å². The number of ether oxygens (including phenoxy) is 1. The SMILES string of the molecule is COc1ccc(Cl)cc1C(=O)N[C@H]1CC(=O)N(Cc2cccc(F)c2)C1. The van der Waals surface area contributed by atoms with Gasteiger partial charge in [0.1, 0.15) is 11.6 Å². The molecule has 2 aromatic carbocycles. The Kier molecular flexibility index (Phi) is 5.42. The summed E-state index contributed by atoms with van der Waals surface area (Å²) in [7, 11) is 1.47. The van der Waals surface area contributed by atoms with Gasteiger partial charge in [-0.05, 0) is 35.9 Å². The van der Waals surface area contributed by atoms with Crippen LogP contribution in [0.25, 0.3) is 0 Å². The van der Waals surface area contributed by atoms with Gasteiger partial charge in [-0.3, -0.25) is 9.59 Å². The molecule has 0 saturated carbocycles. The number of amides is 2. The van der Waals surface area contributed by atoms with Crippen LogP contribution in [0.1, 0.15) is 22.3 Å². The van der Waals surface area contributed by atoms with Gasteiger partial charge < -0.3 is 15.0 Å². The summed E-state index contributed by atoms with van der Waals surface area (Å²) in [5, 5.41) is 3.26. The molecule has 5 nitrogen and oxygen atoms in total. The molecular weight excluding hydrogens is 359 g/mol.